The lowest BCUT2D eigenvalue weighted by Crippen LogP contribution is -2.31. The number of hydrogen-bond acceptors (Lipinski definition) is 3. The van der Waals surface area contributed by atoms with Crippen molar-refractivity contribution in [3.8, 4) is 5.75 Å². The maximum absolute atomic E-state index is 11.5. The van der Waals surface area contributed by atoms with Gasteiger partial charge < -0.3 is 15.2 Å². The van der Waals surface area contributed by atoms with Crippen molar-refractivity contribution < 1.29 is 14.6 Å². The third kappa shape index (κ3) is 5.09. The first-order valence-electron chi connectivity index (χ1n) is 6.48. The monoisotopic (exact) mass is 283 g/mol. The lowest BCUT2D eigenvalue weighted by atomic mass is 10.2. The molecule has 0 aromatic heterocycles. The molecule has 0 heterocycles. The number of carbonyl (C=O) groups excluding carboxylic acids is 1. The van der Waals surface area contributed by atoms with Gasteiger partial charge in [0.25, 0.3) is 5.91 Å². The van der Waals surface area contributed by atoms with E-state index in [0.29, 0.717) is 29.7 Å². The summed E-state index contributed by atoms with van der Waals surface area (Å²) in [6.45, 7) is 0.460. The minimum Gasteiger partial charge on any atom is -0.484 e. The molecule has 1 saturated carbocycles. The molecule has 0 saturated heterocycles. The predicted molar refractivity (Wildman–Crippen MR) is 73.3 cm³/mol. The van der Waals surface area contributed by atoms with Gasteiger partial charge in [0.15, 0.2) is 6.61 Å². The van der Waals surface area contributed by atoms with E-state index in [2.05, 4.69) is 5.32 Å². The van der Waals surface area contributed by atoms with Gasteiger partial charge >= 0.3 is 0 Å². The summed E-state index contributed by atoms with van der Waals surface area (Å²) in [5, 5.41) is 13.0. The summed E-state index contributed by atoms with van der Waals surface area (Å²) in [4.78, 5) is 11.5. The largest absolute Gasteiger partial charge is 0.484 e. The van der Waals surface area contributed by atoms with E-state index in [1.165, 1.54) is 0 Å². The number of amides is 1. The highest BCUT2D eigenvalue weighted by Gasteiger charge is 2.29. The zero-order valence-electron chi connectivity index (χ0n) is 10.6. The molecule has 19 heavy (non-hydrogen) atoms. The Balaban J connectivity index is 1.60. The van der Waals surface area contributed by atoms with Crippen molar-refractivity contribution in [2.45, 2.75) is 25.4 Å². The summed E-state index contributed by atoms with van der Waals surface area (Å²) in [7, 11) is 0. The summed E-state index contributed by atoms with van der Waals surface area (Å²) in [6, 6.07) is 6.85. The molecule has 0 spiro atoms. The zero-order valence-corrected chi connectivity index (χ0v) is 11.4. The van der Waals surface area contributed by atoms with Crippen LogP contribution in [0, 0.1) is 5.92 Å². The Hall–Kier alpha value is -1.26. The average molecular weight is 284 g/mol. The van der Waals surface area contributed by atoms with E-state index in [9.17, 15) is 9.90 Å². The standard InChI is InChI=1S/C14H18ClNO3/c15-11-3-5-12(6-4-11)19-9-14(18)16-8-7-13(17)10-1-2-10/h3-6,10,13,17H,1-2,7-9H2,(H,16,18). The summed E-state index contributed by atoms with van der Waals surface area (Å²) < 4.78 is 5.31. The van der Waals surface area contributed by atoms with Gasteiger partial charge in [0.2, 0.25) is 0 Å². The topological polar surface area (TPSA) is 58.6 Å². The van der Waals surface area contributed by atoms with Crippen LogP contribution in [0.25, 0.3) is 0 Å². The van der Waals surface area contributed by atoms with Crippen molar-refractivity contribution in [2.75, 3.05) is 13.2 Å². The second-order valence-electron chi connectivity index (χ2n) is 4.79. The van der Waals surface area contributed by atoms with Crippen LogP contribution < -0.4 is 10.1 Å². The van der Waals surface area contributed by atoms with E-state index >= 15 is 0 Å². The van der Waals surface area contributed by atoms with E-state index in [1.54, 1.807) is 24.3 Å². The summed E-state index contributed by atoms with van der Waals surface area (Å²) >= 11 is 5.74. The van der Waals surface area contributed by atoms with Crippen LogP contribution in [-0.4, -0.2) is 30.3 Å². The normalized spacial score (nSPS) is 15.9. The van der Waals surface area contributed by atoms with E-state index < -0.39 is 0 Å². The lowest BCUT2D eigenvalue weighted by molar-refractivity contribution is -0.123. The molecule has 1 aliphatic carbocycles. The quantitative estimate of drug-likeness (QED) is 0.805. The van der Waals surface area contributed by atoms with E-state index in [0.717, 1.165) is 12.8 Å². The van der Waals surface area contributed by atoms with Crippen molar-refractivity contribution in [1.29, 1.82) is 0 Å². The Morgan fingerprint density at radius 3 is 2.74 bits per heavy atom. The maximum Gasteiger partial charge on any atom is 0.257 e. The molecule has 1 aliphatic rings. The van der Waals surface area contributed by atoms with Crippen LogP contribution in [0.5, 0.6) is 5.75 Å². The van der Waals surface area contributed by atoms with E-state index in [4.69, 9.17) is 16.3 Å². The van der Waals surface area contributed by atoms with Crippen molar-refractivity contribution >= 4 is 17.5 Å². The van der Waals surface area contributed by atoms with Gasteiger partial charge in [-0.1, -0.05) is 11.6 Å². The smallest absolute Gasteiger partial charge is 0.257 e. The number of aliphatic hydroxyl groups excluding tert-OH is 1. The number of carbonyl (C=O) groups is 1. The van der Waals surface area contributed by atoms with Crippen LogP contribution in [0.3, 0.4) is 0 Å². The number of rotatable bonds is 7. The first-order chi connectivity index (χ1) is 9.15. The highest BCUT2D eigenvalue weighted by Crippen LogP contribution is 2.33. The molecule has 1 atom stereocenters. The molecule has 1 unspecified atom stereocenters. The summed E-state index contributed by atoms with van der Waals surface area (Å²) in [5.74, 6) is 0.873. The Labute approximate surface area is 117 Å². The van der Waals surface area contributed by atoms with Gasteiger partial charge in [-0.3, -0.25) is 4.79 Å². The lowest BCUT2D eigenvalue weighted by Gasteiger charge is -2.10. The molecule has 0 bridgehead atoms. The Bertz CT molecular complexity index is 417. The van der Waals surface area contributed by atoms with Crippen LogP contribution in [0.4, 0.5) is 0 Å². The molecular weight excluding hydrogens is 266 g/mol. The molecule has 2 N–H and O–H groups in total. The first kappa shape index (κ1) is 14.2. The van der Waals surface area contributed by atoms with Crippen molar-refractivity contribution in [2.24, 2.45) is 5.92 Å². The molecule has 1 aromatic carbocycles. The number of ether oxygens (including phenoxy) is 1. The van der Waals surface area contributed by atoms with Crippen molar-refractivity contribution in [3.63, 3.8) is 0 Å². The van der Waals surface area contributed by atoms with Gasteiger partial charge in [-0.25, -0.2) is 0 Å². The third-order valence-corrected chi connectivity index (χ3v) is 3.36. The predicted octanol–water partition coefficient (Wildman–Crippen LogP) is 2.00. The first-order valence-corrected chi connectivity index (χ1v) is 6.86. The molecule has 4 nitrogen and oxygen atoms in total. The van der Waals surface area contributed by atoms with Crippen molar-refractivity contribution in [3.05, 3.63) is 29.3 Å². The van der Waals surface area contributed by atoms with Crippen LogP contribution in [-0.2, 0) is 4.79 Å². The van der Waals surface area contributed by atoms with Gasteiger partial charge in [-0.2, -0.15) is 0 Å². The molecule has 0 radical (unpaired) electrons. The molecule has 2 rings (SSSR count). The average Bonchev–Trinajstić information content (AvgIpc) is 3.22. The second-order valence-corrected chi connectivity index (χ2v) is 5.22. The number of aliphatic hydroxyl groups is 1. The Kier molecular flexibility index (Phi) is 5.05. The number of hydrogen-bond donors (Lipinski definition) is 2. The van der Waals surface area contributed by atoms with Gasteiger partial charge in [-0.15, -0.1) is 0 Å². The molecule has 1 amide bonds. The molecule has 1 aromatic rings. The number of benzene rings is 1. The molecule has 104 valence electrons. The zero-order chi connectivity index (χ0) is 13.7. The minimum absolute atomic E-state index is 0.0266. The third-order valence-electron chi connectivity index (χ3n) is 3.11. The van der Waals surface area contributed by atoms with Crippen molar-refractivity contribution in [1.82, 2.24) is 5.32 Å². The SMILES string of the molecule is O=C(COc1ccc(Cl)cc1)NCCC(O)C1CC1. The molecular formula is C14H18ClNO3. The fraction of sp³-hybridized carbons (Fsp3) is 0.500. The van der Waals surface area contributed by atoms with Gasteiger partial charge in [0.1, 0.15) is 5.75 Å². The van der Waals surface area contributed by atoms with E-state index in [-0.39, 0.29) is 18.6 Å². The number of nitrogens with one attached hydrogen (secondary N) is 1. The molecule has 5 heteroatoms. The highest BCUT2D eigenvalue weighted by molar-refractivity contribution is 6.30. The van der Waals surface area contributed by atoms with E-state index in [1.807, 2.05) is 0 Å². The van der Waals surface area contributed by atoms with Gasteiger partial charge in [-0.05, 0) is 49.4 Å². The number of halogens is 1. The second kappa shape index (κ2) is 6.78. The fourth-order valence-corrected chi connectivity index (χ4v) is 1.93. The fourth-order valence-electron chi connectivity index (χ4n) is 1.81. The minimum atomic E-state index is -0.280. The maximum atomic E-state index is 11.5. The van der Waals surface area contributed by atoms with Gasteiger partial charge in [0, 0.05) is 11.6 Å². The van der Waals surface area contributed by atoms with Crippen LogP contribution in [0.1, 0.15) is 19.3 Å². The summed E-state index contributed by atoms with van der Waals surface area (Å²) in [5.41, 5.74) is 0. The van der Waals surface area contributed by atoms with Crippen LogP contribution in [0.2, 0.25) is 5.02 Å². The Morgan fingerprint density at radius 2 is 2.11 bits per heavy atom. The van der Waals surface area contributed by atoms with Gasteiger partial charge in [0.05, 0.1) is 6.10 Å². The summed E-state index contributed by atoms with van der Waals surface area (Å²) in [6.07, 6.45) is 2.54. The Morgan fingerprint density at radius 1 is 1.42 bits per heavy atom. The molecule has 0 aliphatic heterocycles. The highest BCUT2D eigenvalue weighted by atomic mass is 35.5. The molecule has 1 fully saturated rings. The van der Waals surface area contributed by atoms with Crippen LogP contribution in [0.15, 0.2) is 24.3 Å². The van der Waals surface area contributed by atoms with Crippen LogP contribution >= 0.6 is 11.6 Å².